The van der Waals surface area contributed by atoms with Gasteiger partial charge in [-0.05, 0) is 24.3 Å². The van der Waals surface area contributed by atoms with Crippen molar-refractivity contribution in [1.82, 2.24) is 15.1 Å². The van der Waals surface area contributed by atoms with Crippen LogP contribution in [0, 0.1) is 5.82 Å². The first-order valence-corrected chi connectivity index (χ1v) is 8.78. The Labute approximate surface area is 164 Å². The van der Waals surface area contributed by atoms with Crippen molar-refractivity contribution >= 4 is 40.7 Å². The number of rotatable bonds is 1. The van der Waals surface area contributed by atoms with Crippen LogP contribution in [0.25, 0.3) is 0 Å². The number of aromatic nitrogens is 2. The summed E-state index contributed by atoms with van der Waals surface area (Å²) < 4.78 is 15.4. The van der Waals surface area contributed by atoms with Crippen LogP contribution in [-0.4, -0.2) is 21.7 Å². The van der Waals surface area contributed by atoms with E-state index in [-0.39, 0.29) is 17.3 Å². The number of hydrogen-bond donors (Lipinski definition) is 2. The summed E-state index contributed by atoms with van der Waals surface area (Å²) in [6.07, 6.45) is 0. The SMILES string of the molecule is Cn1nc(Cl)c2c1Nc1ccccc1N(C(=O)NC(=O)c1ccccc1F)C2. The molecule has 0 saturated heterocycles. The zero-order chi connectivity index (χ0) is 19.8. The molecule has 0 aliphatic carbocycles. The predicted octanol–water partition coefficient (Wildman–Crippen LogP) is 3.83. The molecule has 3 aromatic rings. The van der Waals surface area contributed by atoms with E-state index in [2.05, 4.69) is 15.7 Å². The third-order valence-corrected chi connectivity index (χ3v) is 4.75. The van der Waals surface area contributed by atoms with Crippen LogP contribution in [0.1, 0.15) is 15.9 Å². The fraction of sp³-hybridized carbons (Fsp3) is 0.105. The Kier molecular flexibility index (Phi) is 4.48. The average molecular weight is 400 g/mol. The Morgan fingerprint density at radius 1 is 1.18 bits per heavy atom. The van der Waals surface area contributed by atoms with Crippen molar-refractivity contribution in [1.29, 1.82) is 0 Å². The van der Waals surface area contributed by atoms with Crippen LogP contribution in [0.2, 0.25) is 5.15 Å². The molecular weight excluding hydrogens is 385 g/mol. The number of anilines is 3. The third-order valence-electron chi connectivity index (χ3n) is 4.44. The lowest BCUT2D eigenvalue weighted by Gasteiger charge is -2.22. The van der Waals surface area contributed by atoms with Gasteiger partial charge in [-0.3, -0.25) is 19.7 Å². The van der Waals surface area contributed by atoms with Gasteiger partial charge in [0.05, 0.1) is 29.0 Å². The van der Waals surface area contributed by atoms with Gasteiger partial charge in [0.15, 0.2) is 5.15 Å². The molecule has 0 unspecified atom stereocenters. The monoisotopic (exact) mass is 399 g/mol. The maximum Gasteiger partial charge on any atom is 0.329 e. The van der Waals surface area contributed by atoms with E-state index in [1.54, 1.807) is 29.9 Å². The summed E-state index contributed by atoms with van der Waals surface area (Å²) in [6, 6.07) is 11.9. The number of benzene rings is 2. The average Bonchev–Trinajstić information content (AvgIpc) is 2.84. The minimum atomic E-state index is -0.824. The van der Waals surface area contributed by atoms with Gasteiger partial charge in [0, 0.05) is 7.05 Å². The highest BCUT2D eigenvalue weighted by atomic mass is 35.5. The van der Waals surface area contributed by atoms with Gasteiger partial charge >= 0.3 is 6.03 Å². The van der Waals surface area contributed by atoms with Gasteiger partial charge in [0.1, 0.15) is 11.6 Å². The number of nitrogens with zero attached hydrogens (tertiary/aromatic N) is 3. The number of carbonyl (C=O) groups excluding carboxylic acids is 2. The van der Waals surface area contributed by atoms with Crippen LogP contribution in [-0.2, 0) is 13.6 Å². The summed E-state index contributed by atoms with van der Waals surface area (Å²) in [7, 11) is 1.73. The maximum atomic E-state index is 13.9. The number of para-hydroxylation sites is 2. The Hall–Kier alpha value is -3.39. The van der Waals surface area contributed by atoms with E-state index in [4.69, 9.17) is 11.6 Å². The summed E-state index contributed by atoms with van der Waals surface area (Å²) in [5.41, 5.74) is 1.59. The fourth-order valence-electron chi connectivity index (χ4n) is 3.08. The highest BCUT2D eigenvalue weighted by Crippen LogP contribution is 2.37. The summed E-state index contributed by atoms with van der Waals surface area (Å²) in [6.45, 7) is 0.0857. The number of urea groups is 1. The van der Waals surface area contributed by atoms with Crippen LogP contribution >= 0.6 is 11.6 Å². The van der Waals surface area contributed by atoms with Gasteiger partial charge in [-0.25, -0.2) is 9.18 Å². The van der Waals surface area contributed by atoms with E-state index in [0.717, 1.165) is 6.07 Å². The molecule has 0 bridgehead atoms. The zero-order valence-electron chi connectivity index (χ0n) is 14.7. The Bertz CT molecular complexity index is 1100. The van der Waals surface area contributed by atoms with Gasteiger partial charge < -0.3 is 5.32 Å². The molecule has 0 fully saturated rings. The molecule has 9 heteroatoms. The second kappa shape index (κ2) is 6.97. The van der Waals surface area contributed by atoms with Crippen LogP contribution in [0.5, 0.6) is 0 Å². The van der Waals surface area contributed by atoms with E-state index in [9.17, 15) is 14.0 Å². The summed E-state index contributed by atoms with van der Waals surface area (Å²) in [5.74, 6) is -0.883. The van der Waals surface area contributed by atoms with E-state index < -0.39 is 17.8 Å². The minimum absolute atomic E-state index is 0.0857. The summed E-state index contributed by atoms with van der Waals surface area (Å²) in [4.78, 5) is 26.6. The molecule has 0 spiro atoms. The van der Waals surface area contributed by atoms with E-state index in [1.807, 2.05) is 6.07 Å². The number of nitrogens with one attached hydrogen (secondary N) is 2. The number of fused-ring (bicyclic) bond motifs is 2. The standard InChI is InChI=1S/C19H15ClFN5O2/c1-25-17-12(16(20)24-25)10-26(15-9-5-4-8-14(15)22-17)19(28)23-18(27)11-6-2-3-7-13(11)21/h2-9,22H,10H2,1H3,(H,23,27,28). The van der Waals surface area contributed by atoms with Crippen LogP contribution in [0.4, 0.5) is 26.4 Å². The normalized spacial score (nSPS) is 12.5. The second-order valence-electron chi connectivity index (χ2n) is 6.21. The van der Waals surface area contributed by atoms with Crippen LogP contribution in [0.15, 0.2) is 48.5 Å². The molecule has 2 aromatic carbocycles. The number of aryl methyl sites for hydroxylation is 1. The first kappa shape index (κ1) is 18.0. The lowest BCUT2D eigenvalue weighted by molar-refractivity contribution is 0.0961. The molecule has 7 nitrogen and oxygen atoms in total. The third kappa shape index (κ3) is 3.07. The first-order valence-electron chi connectivity index (χ1n) is 8.40. The van der Waals surface area contributed by atoms with E-state index in [0.29, 0.717) is 22.8 Å². The topological polar surface area (TPSA) is 79.3 Å². The van der Waals surface area contributed by atoms with Crippen molar-refractivity contribution in [3.8, 4) is 0 Å². The van der Waals surface area contributed by atoms with E-state index >= 15 is 0 Å². The van der Waals surface area contributed by atoms with Gasteiger partial charge in [0.25, 0.3) is 5.91 Å². The molecule has 1 aliphatic rings. The summed E-state index contributed by atoms with van der Waals surface area (Å²) in [5, 5.41) is 9.88. The van der Waals surface area contributed by atoms with E-state index in [1.165, 1.54) is 23.1 Å². The predicted molar refractivity (Wildman–Crippen MR) is 103 cm³/mol. The van der Waals surface area contributed by atoms with Gasteiger partial charge in [-0.2, -0.15) is 5.10 Å². The largest absolute Gasteiger partial charge is 0.338 e. The molecule has 2 heterocycles. The molecule has 142 valence electrons. The lowest BCUT2D eigenvalue weighted by Crippen LogP contribution is -2.42. The Morgan fingerprint density at radius 3 is 2.68 bits per heavy atom. The quantitative estimate of drug-likeness (QED) is 0.652. The van der Waals surface area contributed by atoms with Crippen molar-refractivity contribution in [2.45, 2.75) is 6.54 Å². The van der Waals surface area contributed by atoms with Gasteiger partial charge in [-0.15, -0.1) is 0 Å². The second-order valence-corrected chi connectivity index (χ2v) is 6.57. The number of halogens is 2. The molecular formula is C19H15ClFN5O2. The maximum absolute atomic E-state index is 13.9. The molecule has 0 atom stereocenters. The molecule has 28 heavy (non-hydrogen) atoms. The molecule has 1 aliphatic heterocycles. The zero-order valence-corrected chi connectivity index (χ0v) is 15.5. The highest BCUT2D eigenvalue weighted by Gasteiger charge is 2.29. The summed E-state index contributed by atoms with van der Waals surface area (Å²) >= 11 is 6.22. The molecule has 2 N–H and O–H groups in total. The number of imide groups is 1. The van der Waals surface area contributed by atoms with Crippen molar-refractivity contribution in [2.24, 2.45) is 7.05 Å². The number of carbonyl (C=O) groups is 2. The minimum Gasteiger partial charge on any atom is -0.338 e. The van der Waals surface area contributed by atoms with Crippen molar-refractivity contribution in [2.75, 3.05) is 10.2 Å². The Balaban J connectivity index is 1.69. The van der Waals surface area contributed by atoms with Gasteiger partial charge in [0.2, 0.25) is 0 Å². The lowest BCUT2D eigenvalue weighted by atomic mass is 10.2. The van der Waals surface area contributed by atoms with Gasteiger partial charge in [-0.1, -0.05) is 35.9 Å². The molecule has 0 radical (unpaired) electrons. The Morgan fingerprint density at radius 2 is 1.89 bits per heavy atom. The molecule has 0 saturated carbocycles. The highest BCUT2D eigenvalue weighted by molar-refractivity contribution is 6.30. The van der Waals surface area contributed by atoms with Crippen LogP contribution in [0.3, 0.4) is 0 Å². The molecule has 1 aromatic heterocycles. The smallest absolute Gasteiger partial charge is 0.329 e. The molecule has 4 rings (SSSR count). The number of hydrogen-bond acceptors (Lipinski definition) is 4. The molecule has 3 amide bonds. The van der Waals surface area contributed by atoms with Crippen molar-refractivity contribution in [3.63, 3.8) is 0 Å². The fourth-order valence-corrected chi connectivity index (χ4v) is 3.34. The first-order chi connectivity index (χ1) is 13.5. The number of amides is 3. The van der Waals surface area contributed by atoms with Crippen molar-refractivity contribution < 1.29 is 14.0 Å². The van der Waals surface area contributed by atoms with Crippen LogP contribution < -0.4 is 15.5 Å². The van der Waals surface area contributed by atoms with Crippen molar-refractivity contribution in [3.05, 3.63) is 70.6 Å².